The third-order valence-corrected chi connectivity index (χ3v) is 3.61. The highest BCUT2D eigenvalue weighted by molar-refractivity contribution is 6.31. The summed E-state index contributed by atoms with van der Waals surface area (Å²) in [6.45, 7) is 1.76. The third-order valence-electron chi connectivity index (χ3n) is 3.37. The molecule has 0 radical (unpaired) electrons. The fourth-order valence-electron chi connectivity index (χ4n) is 2.26. The monoisotopic (exact) mass is 337 g/mol. The van der Waals surface area contributed by atoms with Crippen LogP contribution in [0.1, 0.15) is 28.2 Å². The van der Waals surface area contributed by atoms with Gasteiger partial charge >= 0.3 is 11.9 Å². The largest absolute Gasteiger partial charge is 0.469 e. The van der Waals surface area contributed by atoms with Gasteiger partial charge in [0.1, 0.15) is 5.76 Å². The molecular weight excluding hydrogens is 322 g/mol. The molecule has 0 saturated heterocycles. The van der Waals surface area contributed by atoms with Crippen LogP contribution in [0.4, 0.5) is 0 Å². The van der Waals surface area contributed by atoms with Crippen LogP contribution in [-0.2, 0) is 20.7 Å². The first-order valence-corrected chi connectivity index (χ1v) is 7.26. The smallest absolute Gasteiger partial charge is 0.338 e. The molecule has 6 nitrogen and oxygen atoms in total. The molecule has 2 rings (SSSR count). The molecule has 0 aliphatic rings. The van der Waals surface area contributed by atoms with E-state index in [0.29, 0.717) is 39.6 Å². The molecule has 0 aliphatic carbocycles. The van der Waals surface area contributed by atoms with Gasteiger partial charge in [-0.1, -0.05) is 22.8 Å². The standard InChI is InChI=1S/C16H16ClNO5/c1-9-15(13(23-18-9)6-7-14(19)21-2)11-5-4-10(17)8-12(11)16(20)22-3/h4-5,8H,6-7H2,1-3H3. The number of carbonyl (C=O) groups excluding carboxylic acids is 2. The van der Waals surface area contributed by atoms with Gasteiger partial charge < -0.3 is 14.0 Å². The number of hydrogen-bond donors (Lipinski definition) is 0. The highest BCUT2D eigenvalue weighted by atomic mass is 35.5. The number of esters is 2. The van der Waals surface area contributed by atoms with E-state index in [2.05, 4.69) is 9.89 Å². The van der Waals surface area contributed by atoms with Crippen molar-refractivity contribution in [3.63, 3.8) is 0 Å². The Hall–Kier alpha value is -2.34. The van der Waals surface area contributed by atoms with Crippen molar-refractivity contribution in [3.8, 4) is 11.1 Å². The number of aromatic nitrogens is 1. The number of hydrogen-bond acceptors (Lipinski definition) is 6. The SMILES string of the molecule is COC(=O)CCc1onc(C)c1-c1ccc(Cl)cc1C(=O)OC. The molecule has 7 heteroatoms. The fraction of sp³-hybridized carbons (Fsp3) is 0.312. The Morgan fingerprint density at radius 1 is 1.26 bits per heavy atom. The molecule has 0 bridgehead atoms. The molecule has 0 spiro atoms. The summed E-state index contributed by atoms with van der Waals surface area (Å²) in [5, 5.41) is 4.35. The summed E-state index contributed by atoms with van der Waals surface area (Å²) in [6, 6.07) is 4.90. The molecule has 0 saturated carbocycles. The van der Waals surface area contributed by atoms with Gasteiger partial charge in [-0.05, 0) is 19.1 Å². The Kier molecular flexibility index (Phi) is 5.39. The first-order chi connectivity index (χ1) is 11.0. The van der Waals surface area contributed by atoms with Gasteiger partial charge in [0.25, 0.3) is 0 Å². The summed E-state index contributed by atoms with van der Waals surface area (Å²) >= 11 is 5.97. The Bertz CT molecular complexity index is 738. The summed E-state index contributed by atoms with van der Waals surface area (Å²) in [5.41, 5.74) is 2.17. The molecule has 1 aromatic carbocycles. The number of ether oxygens (including phenoxy) is 2. The zero-order chi connectivity index (χ0) is 17.0. The van der Waals surface area contributed by atoms with Crippen molar-refractivity contribution in [2.24, 2.45) is 0 Å². The van der Waals surface area contributed by atoms with Gasteiger partial charge in [-0.15, -0.1) is 0 Å². The molecule has 2 aromatic rings. The van der Waals surface area contributed by atoms with E-state index in [-0.39, 0.29) is 12.4 Å². The maximum absolute atomic E-state index is 12.0. The molecule has 23 heavy (non-hydrogen) atoms. The van der Waals surface area contributed by atoms with Gasteiger partial charge in [0.05, 0.1) is 31.9 Å². The van der Waals surface area contributed by atoms with Crippen molar-refractivity contribution in [1.29, 1.82) is 0 Å². The van der Waals surface area contributed by atoms with E-state index >= 15 is 0 Å². The number of benzene rings is 1. The summed E-state index contributed by atoms with van der Waals surface area (Å²) in [7, 11) is 2.62. The summed E-state index contributed by atoms with van der Waals surface area (Å²) in [4.78, 5) is 23.3. The first kappa shape index (κ1) is 17.0. The highest BCUT2D eigenvalue weighted by Gasteiger charge is 2.22. The predicted molar refractivity (Wildman–Crippen MR) is 83.4 cm³/mol. The van der Waals surface area contributed by atoms with E-state index in [1.54, 1.807) is 19.1 Å². The van der Waals surface area contributed by atoms with Crippen LogP contribution in [0.5, 0.6) is 0 Å². The Morgan fingerprint density at radius 2 is 2.00 bits per heavy atom. The van der Waals surface area contributed by atoms with Crippen molar-refractivity contribution in [1.82, 2.24) is 5.16 Å². The molecule has 0 atom stereocenters. The van der Waals surface area contributed by atoms with E-state index in [0.717, 1.165) is 0 Å². The van der Waals surface area contributed by atoms with Gasteiger partial charge in [0.2, 0.25) is 0 Å². The van der Waals surface area contributed by atoms with Crippen LogP contribution in [-0.4, -0.2) is 31.3 Å². The van der Waals surface area contributed by atoms with Gasteiger partial charge in [0.15, 0.2) is 0 Å². The van der Waals surface area contributed by atoms with Crippen LogP contribution < -0.4 is 0 Å². The van der Waals surface area contributed by atoms with E-state index in [4.69, 9.17) is 20.9 Å². The molecule has 1 aromatic heterocycles. The van der Waals surface area contributed by atoms with Gasteiger partial charge in [0, 0.05) is 22.6 Å². The van der Waals surface area contributed by atoms with Gasteiger partial charge in [-0.2, -0.15) is 0 Å². The number of rotatable bonds is 5. The lowest BCUT2D eigenvalue weighted by atomic mass is 9.96. The molecule has 0 aliphatic heterocycles. The minimum atomic E-state index is -0.512. The third kappa shape index (κ3) is 3.71. The molecule has 0 amide bonds. The second-order valence-electron chi connectivity index (χ2n) is 4.82. The normalized spacial score (nSPS) is 10.4. The Balaban J connectivity index is 2.48. The zero-order valence-electron chi connectivity index (χ0n) is 13.0. The van der Waals surface area contributed by atoms with E-state index in [1.807, 2.05) is 0 Å². The van der Waals surface area contributed by atoms with Crippen LogP contribution in [0.2, 0.25) is 5.02 Å². The van der Waals surface area contributed by atoms with Gasteiger partial charge in [-0.25, -0.2) is 4.79 Å². The number of carbonyl (C=O) groups is 2. The second-order valence-corrected chi connectivity index (χ2v) is 5.26. The number of halogens is 1. The average molecular weight is 338 g/mol. The van der Waals surface area contributed by atoms with Crippen molar-refractivity contribution < 1.29 is 23.6 Å². The van der Waals surface area contributed by atoms with Gasteiger partial charge in [-0.3, -0.25) is 4.79 Å². The predicted octanol–water partition coefficient (Wildman–Crippen LogP) is 3.20. The Morgan fingerprint density at radius 3 is 2.65 bits per heavy atom. The Labute approximate surface area is 138 Å². The van der Waals surface area contributed by atoms with Crippen LogP contribution in [0, 0.1) is 6.92 Å². The van der Waals surface area contributed by atoms with E-state index < -0.39 is 5.97 Å². The number of nitrogens with zero attached hydrogens (tertiary/aromatic N) is 1. The van der Waals surface area contributed by atoms with Crippen molar-refractivity contribution in [3.05, 3.63) is 40.2 Å². The van der Waals surface area contributed by atoms with Crippen LogP contribution in [0.25, 0.3) is 11.1 Å². The first-order valence-electron chi connectivity index (χ1n) is 6.88. The maximum atomic E-state index is 12.0. The highest BCUT2D eigenvalue weighted by Crippen LogP contribution is 2.33. The maximum Gasteiger partial charge on any atom is 0.338 e. The molecule has 0 N–H and O–H groups in total. The lowest BCUT2D eigenvalue weighted by molar-refractivity contribution is -0.140. The van der Waals surface area contributed by atoms with Crippen LogP contribution in [0.3, 0.4) is 0 Å². The number of aryl methyl sites for hydroxylation is 2. The average Bonchev–Trinajstić information content (AvgIpc) is 2.92. The topological polar surface area (TPSA) is 78.6 Å². The van der Waals surface area contributed by atoms with Crippen LogP contribution in [0.15, 0.2) is 22.7 Å². The molecule has 1 heterocycles. The molecule has 0 fully saturated rings. The number of methoxy groups -OCH3 is 2. The van der Waals surface area contributed by atoms with Crippen molar-refractivity contribution in [2.75, 3.05) is 14.2 Å². The van der Waals surface area contributed by atoms with E-state index in [1.165, 1.54) is 20.3 Å². The molecule has 122 valence electrons. The van der Waals surface area contributed by atoms with Crippen LogP contribution >= 0.6 is 11.6 Å². The summed E-state index contributed by atoms with van der Waals surface area (Å²) in [6.07, 6.45) is 0.464. The summed E-state index contributed by atoms with van der Waals surface area (Å²) < 4.78 is 14.7. The minimum absolute atomic E-state index is 0.152. The van der Waals surface area contributed by atoms with Crippen molar-refractivity contribution in [2.45, 2.75) is 19.8 Å². The minimum Gasteiger partial charge on any atom is -0.469 e. The molecular formula is C16H16ClNO5. The van der Waals surface area contributed by atoms with E-state index in [9.17, 15) is 9.59 Å². The summed E-state index contributed by atoms with van der Waals surface area (Å²) in [5.74, 6) is -0.364. The zero-order valence-corrected chi connectivity index (χ0v) is 13.8. The lowest BCUT2D eigenvalue weighted by Crippen LogP contribution is -2.05. The molecule has 0 unspecified atom stereocenters. The van der Waals surface area contributed by atoms with Crippen molar-refractivity contribution >= 4 is 23.5 Å². The lowest BCUT2D eigenvalue weighted by Gasteiger charge is -2.09. The quantitative estimate of drug-likeness (QED) is 0.779. The fourth-order valence-corrected chi connectivity index (χ4v) is 2.44. The second kappa shape index (κ2) is 7.28.